The third kappa shape index (κ3) is 3.79. The quantitative estimate of drug-likeness (QED) is 0.650. The molecule has 0 saturated carbocycles. The van der Waals surface area contributed by atoms with Crippen molar-refractivity contribution in [2.24, 2.45) is 0 Å². The fourth-order valence-corrected chi connectivity index (χ4v) is 3.29. The lowest BCUT2D eigenvalue weighted by Gasteiger charge is -2.09. The molecule has 1 heterocycles. The molecular formula is C18H21NO3S. The van der Waals surface area contributed by atoms with Crippen LogP contribution >= 0.6 is 11.3 Å². The van der Waals surface area contributed by atoms with Crippen LogP contribution in [-0.2, 0) is 11.2 Å². The summed E-state index contributed by atoms with van der Waals surface area (Å²) in [6, 6.07) is 3.79. The van der Waals surface area contributed by atoms with Crippen molar-refractivity contribution in [1.82, 2.24) is 4.98 Å². The smallest absolute Gasteiger partial charge is 0.350 e. The monoisotopic (exact) mass is 331 g/mol. The zero-order valence-electron chi connectivity index (χ0n) is 13.9. The third-order valence-electron chi connectivity index (χ3n) is 3.38. The maximum absolute atomic E-state index is 11.9. The Morgan fingerprint density at radius 2 is 2.09 bits per heavy atom. The van der Waals surface area contributed by atoms with E-state index in [0.717, 1.165) is 27.3 Å². The normalized spacial score (nSPS) is 10.6. The molecule has 1 aromatic heterocycles. The van der Waals surface area contributed by atoms with E-state index in [4.69, 9.17) is 4.74 Å². The minimum atomic E-state index is -0.341. The maximum Gasteiger partial charge on any atom is 0.350 e. The van der Waals surface area contributed by atoms with Crippen LogP contribution in [0.1, 0.15) is 40.3 Å². The van der Waals surface area contributed by atoms with Crippen LogP contribution in [0.2, 0.25) is 0 Å². The van der Waals surface area contributed by atoms with Gasteiger partial charge in [-0.2, -0.15) is 0 Å². The number of aryl methyl sites for hydroxylation is 2. The van der Waals surface area contributed by atoms with Crippen molar-refractivity contribution in [1.29, 1.82) is 0 Å². The topological polar surface area (TPSA) is 59.4 Å². The Labute approximate surface area is 140 Å². The number of allylic oxidation sites excluding steroid dienone is 1. The standard InChI is InChI=1S/C18H21NO3S/c1-6-22-18(21)16-12(5)19-17(23-16)14-8-11(4)15(20)13(9-14)7-10(2)3/h8-9,20H,2,6-7H2,1,3-5H3. The van der Waals surface area contributed by atoms with E-state index >= 15 is 0 Å². The van der Waals surface area contributed by atoms with Crippen molar-refractivity contribution in [3.63, 3.8) is 0 Å². The van der Waals surface area contributed by atoms with Crippen LogP contribution in [0.5, 0.6) is 5.75 Å². The van der Waals surface area contributed by atoms with E-state index in [1.807, 2.05) is 26.0 Å². The van der Waals surface area contributed by atoms with Gasteiger partial charge in [0.2, 0.25) is 0 Å². The van der Waals surface area contributed by atoms with Crippen LogP contribution in [0.15, 0.2) is 24.3 Å². The molecule has 0 aliphatic carbocycles. The Balaban J connectivity index is 2.46. The van der Waals surface area contributed by atoms with Gasteiger partial charge in [0.15, 0.2) is 0 Å². The third-order valence-corrected chi connectivity index (χ3v) is 4.56. The summed E-state index contributed by atoms with van der Waals surface area (Å²) in [4.78, 5) is 17.0. The van der Waals surface area contributed by atoms with E-state index in [1.54, 1.807) is 13.8 Å². The summed E-state index contributed by atoms with van der Waals surface area (Å²) in [5, 5.41) is 11.0. The van der Waals surface area contributed by atoms with Gasteiger partial charge in [-0.15, -0.1) is 11.3 Å². The SMILES string of the molecule is C=C(C)Cc1cc(-c2nc(C)c(C(=O)OCC)s2)cc(C)c1O. The van der Waals surface area contributed by atoms with E-state index < -0.39 is 0 Å². The molecule has 0 atom stereocenters. The highest BCUT2D eigenvalue weighted by Gasteiger charge is 2.18. The summed E-state index contributed by atoms with van der Waals surface area (Å²) in [7, 11) is 0. The van der Waals surface area contributed by atoms with Gasteiger partial charge in [0.05, 0.1) is 12.3 Å². The first-order valence-corrected chi connectivity index (χ1v) is 8.26. The van der Waals surface area contributed by atoms with Gasteiger partial charge in [0.1, 0.15) is 15.6 Å². The van der Waals surface area contributed by atoms with Crippen LogP contribution in [0, 0.1) is 13.8 Å². The van der Waals surface area contributed by atoms with E-state index in [9.17, 15) is 9.90 Å². The van der Waals surface area contributed by atoms with Gasteiger partial charge in [0, 0.05) is 5.56 Å². The molecule has 0 aliphatic rings. The number of rotatable bonds is 5. The van der Waals surface area contributed by atoms with E-state index in [0.29, 0.717) is 23.6 Å². The molecule has 1 aromatic carbocycles. The maximum atomic E-state index is 11.9. The number of benzene rings is 1. The number of phenols is 1. The molecular weight excluding hydrogens is 310 g/mol. The van der Waals surface area contributed by atoms with E-state index in [2.05, 4.69) is 11.6 Å². The second kappa shape index (κ2) is 6.96. The van der Waals surface area contributed by atoms with Crippen LogP contribution in [0.4, 0.5) is 0 Å². The Kier molecular flexibility index (Phi) is 5.21. The van der Waals surface area contributed by atoms with Crippen molar-refractivity contribution in [2.45, 2.75) is 34.1 Å². The van der Waals surface area contributed by atoms with Gasteiger partial charge in [-0.25, -0.2) is 9.78 Å². The summed E-state index contributed by atoms with van der Waals surface area (Å²) in [6.07, 6.45) is 0.607. The molecule has 23 heavy (non-hydrogen) atoms. The summed E-state index contributed by atoms with van der Waals surface area (Å²) in [6.45, 7) is 11.6. The highest BCUT2D eigenvalue weighted by atomic mass is 32.1. The lowest BCUT2D eigenvalue weighted by Crippen LogP contribution is -2.03. The molecule has 0 unspecified atom stereocenters. The highest BCUT2D eigenvalue weighted by Crippen LogP contribution is 2.34. The van der Waals surface area contributed by atoms with Gasteiger partial charge < -0.3 is 9.84 Å². The van der Waals surface area contributed by atoms with Gasteiger partial charge in [-0.3, -0.25) is 0 Å². The van der Waals surface area contributed by atoms with Crippen molar-refractivity contribution in [3.05, 3.63) is 46.0 Å². The minimum absolute atomic E-state index is 0.288. The summed E-state index contributed by atoms with van der Waals surface area (Å²) in [5.74, 6) is -0.0537. The minimum Gasteiger partial charge on any atom is -0.507 e. The number of aromatic hydroxyl groups is 1. The molecule has 0 fully saturated rings. The first kappa shape index (κ1) is 17.2. The van der Waals surface area contributed by atoms with Crippen LogP contribution in [0.25, 0.3) is 10.6 Å². The average Bonchev–Trinajstić information content (AvgIpc) is 2.85. The number of aromatic nitrogens is 1. The number of hydrogen-bond acceptors (Lipinski definition) is 5. The van der Waals surface area contributed by atoms with E-state index in [1.165, 1.54) is 11.3 Å². The number of esters is 1. The van der Waals surface area contributed by atoms with Crippen molar-refractivity contribution in [2.75, 3.05) is 6.61 Å². The molecule has 0 bridgehead atoms. The second-order valence-electron chi connectivity index (χ2n) is 5.59. The first-order chi connectivity index (χ1) is 10.8. The van der Waals surface area contributed by atoms with Crippen molar-refractivity contribution in [3.8, 4) is 16.3 Å². The van der Waals surface area contributed by atoms with Gasteiger partial charge >= 0.3 is 5.97 Å². The Bertz CT molecular complexity index is 762. The number of thiazole rings is 1. The van der Waals surface area contributed by atoms with Crippen LogP contribution < -0.4 is 0 Å². The molecule has 0 aliphatic heterocycles. The molecule has 0 saturated heterocycles. The number of ether oxygens (including phenoxy) is 1. The number of carbonyl (C=O) groups is 1. The largest absolute Gasteiger partial charge is 0.507 e. The lowest BCUT2D eigenvalue weighted by atomic mass is 10.00. The van der Waals surface area contributed by atoms with Crippen LogP contribution in [-0.4, -0.2) is 22.7 Å². The van der Waals surface area contributed by atoms with Gasteiger partial charge in [-0.05, 0) is 57.4 Å². The molecule has 0 spiro atoms. The van der Waals surface area contributed by atoms with Gasteiger partial charge in [-0.1, -0.05) is 12.2 Å². The highest BCUT2D eigenvalue weighted by molar-refractivity contribution is 7.17. The van der Waals surface area contributed by atoms with Crippen LogP contribution in [0.3, 0.4) is 0 Å². The molecule has 5 heteroatoms. The molecule has 122 valence electrons. The molecule has 2 rings (SSSR count). The number of phenolic OH excluding ortho intramolecular Hbond substituents is 1. The fourth-order valence-electron chi connectivity index (χ4n) is 2.34. The molecule has 0 radical (unpaired) electrons. The molecule has 1 N–H and O–H groups in total. The molecule has 4 nitrogen and oxygen atoms in total. The Morgan fingerprint density at radius 1 is 1.39 bits per heavy atom. The Morgan fingerprint density at radius 3 is 2.70 bits per heavy atom. The average molecular weight is 331 g/mol. The molecule has 2 aromatic rings. The lowest BCUT2D eigenvalue weighted by molar-refractivity contribution is 0.0531. The zero-order valence-corrected chi connectivity index (χ0v) is 14.7. The molecule has 0 amide bonds. The summed E-state index contributed by atoms with van der Waals surface area (Å²) in [5.41, 5.74) is 4.12. The number of hydrogen-bond donors (Lipinski definition) is 1. The van der Waals surface area contributed by atoms with Gasteiger partial charge in [0.25, 0.3) is 0 Å². The zero-order chi connectivity index (χ0) is 17.1. The predicted molar refractivity (Wildman–Crippen MR) is 93.2 cm³/mol. The fraction of sp³-hybridized carbons (Fsp3) is 0.333. The number of nitrogens with zero attached hydrogens (tertiary/aromatic N) is 1. The van der Waals surface area contributed by atoms with Crippen molar-refractivity contribution >= 4 is 17.3 Å². The summed E-state index contributed by atoms with van der Waals surface area (Å²) < 4.78 is 5.06. The van der Waals surface area contributed by atoms with Crippen molar-refractivity contribution < 1.29 is 14.6 Å². The summed E-state index contributed by atoms with van der Waals surface area (Å²) >= 11 is 1.31. The first-order valence-electron chi connectivity index (χ1n) is 7.45. The van der Waals surface area contributed by atoms with E-state index in [-0.39, 0.29) is 11.7 Å². The predicted octanol–water partition coefficient (Wildman–Crippen LogP) is 4.43. The number of carbonyl (C=O) groups excluding carboxylic acids is 1. The Hall–Kier alpha value is -2.14. The second-order valence-corrected chi connectivity index (χ2v) is 6.59.